The van der Waals surface area contributed by atoms with Gasteiger partial charge in [-0.1, -0.05) is 12.8 Å². The minimum Gasteiger partial charge on any atom is -0.326 e. The molecule has 0 spiro atoms. The van der Waals surface area contributed by atoms with Crippen molar-refractivity contribution in [2.24, 2.45) is 5.73 Å². The molecule has 0 aromatic carbocycles. The van der Waals surface area contributed by atoms with Gasteiger partial charge in [0.15, 0.2) is 0 Å². The molecule has 0 aromatic heterocycles. The Bertz CT molecular complexity index is 341. The van der Waals surface area contributed by atoms with Crippen LogP contribution in [0.4, 0.5) is 0 Å². The number of piperazine rings is 1. The molecule has 0 aromatic rings. The van der Waals surface area contributed by atoms with Crippen LogP contribution in [0.2, 0.25) is 0 Å². The Morgan fingerprint density at radius 2 is 1.94 bits per heavy atom. The predicted octanol–water partition coefficient (Wildman–Crippen LogP) is -0.00670. The lowest BCUT2D eigenvalue weighted by molar-refractivity contribution is -0.148. The summed E-state index contributed by atoms with van der Waals surface area (Å²) in [6, 6.07) is 0.218. The topological polar surface area (TPSA) is 75.4 Å². The first-order valence-corrected chi connectivity index (χ1v) is 6.29. The van der Waals surface area contributed by atoms with E-state index in [9.17, 15) is 9.59 Å². The highest BCUT2D eigenvalue weighted by molar-refractivity contribution is 6.03. The van der Waals surface area contributed by atoms with Crippen molar-refractivity contribution < 1.29 is 9.59 Å². The van der Waals surface area contributed by atoms with Gasteiger partial charge in [0.2, 0.25) is 11.8 Å². The molecule has 0 radical (unpaired) electrons. The standard InChI is InChI=1S/C12H21N3O2/c1-12(2)11(17)14-10(16)7-15(12)9-6-4-3-5-8(9)13/h8-9H,3-7,13H2,1-2H3,(H,14,16,17). The van der Waals surface area contributed by atoms with Crippen LogP contribution in [0.15, 0.2) is 0 Å². The van der Waals surface area contributed by atoms with E-state index in [1.54, 1.807) is 0 Å². The van der Waals surface area contributed by atoms with Gasteiger partial charge in [0, 0.05) is 12.1 Å². The van der Waals surface area contributed by atoms with Gasteiger partial charge in [0.1, 0.15) is 0 Å². The van der Waals surface area contributed by atoms with Gasteiger partial charge in [-0.2, -0.15) is 0 Å². The van der Waals surface area contributed by atoms with E-state index in [0.29, 0.717) is 0 Å². The molecule has 2 unspecified atom stereocenters. The van der Waals surface area contributed by atoms with Crippen molar-refractivity contribution in [2.75, 3.05) is 6.54 Å². The summed E-state index contributed by atoms with van der Waals surface area (Å²) in [5, 5.41) is 2.39. The second kappa shape index (κ2) is 4.38. The van der Waals surface area contributed by atoms with E-state index in [2.05, 4.69) is 5.32 Å². The third-order valence-corrected chi connectivity index (χ3v) is 4.02. The number of hydrogen-bond acceptors (Lipinski definition) is 4. The second-order valence-electron chi connectivity index (χ2n) is 5.58. The maximum atomic E-state index is 11.9. The highest BCUT2D eigenvalue weighted by Crippen LogP contribution is 2.29. The van der Waals surface area contributed by atoms with Crippen LogP contribution in [0.5, 0.6) is 0 Å². The lowest BCUT2D eigenvalue weighted by Crippen LogP contribution is -2.69. The van der Waals surface area contributed by atoms with Crippen LogP contribution in [0.3, 0.4) is 0 Å². The van der Waals surface area contributed by atoms with Gasteiger partial charge in [-0.25, -0.2) is 0 Å². The molecule has 1 aliphatic heterocycles. The largest absolute Gasteiger partial charge is 0.326 e. The van der Waals surface area contributed by atoms with Gasteiger partial charge in [-0.05, 0) is 26.7 Å². The molecule has 1 heterocycles. The van der Waals surface area contributed by atoms with Crippen LogP contribution in [-0.2, 0) is 9.59 Å². The monoisotopic (exact) mass is 239 g/mol. The lowest BCUT2D eigenvalue weighted by Gasteiger charge is -2.48. The molecule has 2 rings (SSSR count). The van der Waals surface area contributed by atoms with Crippen molar-refractivity contribution in [3.05, 3.63) is 0 Å². The summed E-state index contributed by atoms with van der Waals surface area (Å²) in [7, 11) is 0. The Balaban J connectivity index is 2.21. The van der Waals surface area contributed by atoms with E-state index in [-0.39, 0.29) is 30.4 Å². The highest BCUT2D eigenvalue weighted by Gasteiger charge is 2.45. The predicted molar refractivity (Wildman–Crippen MR) is 64.2 cm³/mol. The smallest absolute Gasteiger partial charge is 0.246 e. The van der Waals surface area contributed by atoms with Gasteiger partial charge in [-0.15, -0.1) is 0 Å². The van der Waals surface area contributed by atoms with E-state index >= 15 is 0 Å². The number of nitrogens with two attached hydrogens (primary N) is 1. The molecule has 17 heavy (non-hydrogen) atoms. The van der Waals surface area contributed by atoms with E-state index in [1.165, 1.54) is 0 Å². The van der Waals surface area contributed by atoms with Crippen molar-refractivity contribution in [2.45, 2.75) is 57.2 Å². The Kier molecular flexibility index (Phi) is 3.23. The molecule has 2 atom stereocenters. The summed E-state index contributed by atoms with van der Waals surface area (Å²) >= 11 is 0. The number of imide groups is 1. The average Bonchev–Trinajstić information content (AvgIpc) is 2.25. The zero-order valence-electron chi connectivity index (χ0n) is 10.5. The molecule has 3 N–H and O–H groups in total. The van der Waals surface area contributed by atoms with Gasteiger partial charge in [-0.3, -0.25) is 19.8 Å². The third kappa shape index (κ3) is 2.21. The van der Waals surface area contributed by atoms with Crippen molar-refractivity contribution in [1.82, 2.24) is 10.2 Å². The maximum Gasteiger partial charge on any atom is 0.246 e. The number of rotatable bonds is 1. The number of amides is 2. The van der Waals surface area contributed by atoms with Crippen molar-refractivity contribution in [1.29, 1.82) is 0 Å². The zero-order valence-corrected chi connectivity index (χ0v) is 10.5. The number of nitrogens with one attached hydrogen (secondary N) is 1. The second-order valence-corrected chi connectivity index (χ2v) is 5.58. The first-order chi connectivity index (χ1) is 7.93. The summed E-state index contributed by atoms with van der Waals surface area (Å²) in [5.74, 6) is -0.432. The first kappa shape index (κ1) is 12.5. The molecule has 2 aliphatic rings. The molecule has 5 heteroatoms. The van der Waals surface area contributed by atoms with Crippen LogP contribution in [0, 0.1) is 0 Å². The normalized spacial score (nSPS) is 34.5. The maximum absolute atomic E-state index is 11.9. The quantitative estimate of drug-likeness (QED) is 0.631. The first-order valence-electron chi connectivity index (χ1n) is 6.29. The molecule has 1 saturated heterocycles. The van der Waals surface area contributed by atoms with Crippen LogP contribution in [0.1, 0.15) is 39.5 Å². The molecule has 5 nitrogen and oxygen atoms in total. The van der Waals surface area contributed by atoms with E-state index in [4.69, 9.17) is 5.73 Å². The molecule has 2 amide bonds. The Morgan fingerprint density at radius 3 is 2.59 bits per heavy atom. The molecule has 96 valence electrons. The zero-order chi connectivity index (χ0) is 12.6. The summed E-state index contributed by atoms with van der Waals surface area (Å²) in [6.45, 7) is 3.99. The van der Waals surface area contributed by atoms with E-state index < -0.39 is 5.54 Å². The number of carbonyl (C=O) groups is 2. The van der Waals surface area contributed by atoms with Crippen molar-refractivity contribution >= 4 is 11.8 Å². The van der Waals surface area contributed by atoms with Gasteiger partial charge in [0.05, 0.1) is 12.1 Å². The van der Waals surface area contributed by atoms with Crippen molar-refractivity contribution in [3.63, 3.8) is 0 Å². The molecule has 1 aliphatic carbocycles. The van der Waals surface area contributed by atoms with Gasteiger partial charge < -0.3 is 5.73 Å². The number of carbonyl (C=O) groups excluding carboxylic acids is 2. The molecule has 0 bridgehead atoms. The minimum absolute atomic E-state index is 0.0710. The molecular formula is C12H21N3O2. The summed E-state index contributed by atoms with van der Waals surface area (Å²) in [5.41, 5.74) is 5.49. The fourth-order valence-electron chi connectivity index (χ4n) is 2.86. The van der Waals surface area contributed by atoms with Crippen LogP contribution in [-0.4, -0.2) is 40.9 Å². The molecule has 2 fully saturated rings. The molecule has 1 saturated carbocycles. The minimum atomic E-state index is -0.645. The number of nitrogens with zero attached hydrogens (tertiary/aromatic N) is 1. The fraction of sp³-hybridized carbons (Fsp3) is 0.833. The lowest BCUT2D eigenvalue weighted by atomic mass is 9.85. The summed E-state index contributed by atoms with van der Waals surface area (Å²) < 4.78 is 0. The summed E-state index contributed by atoms with van der Waals surface area (Å²) in [4.78, 5) is 25.4. The van der Waals surface area contributed by atoms with Crippen LogP contribution in [0.25, 0.3) is 0 Å². The SMILES string of the molecule is CC1(C)C(=O)NC(=O)CN1C1CCCCC1N. The van der Waals surface area contributed by atoms with Crippen molar-refractivity contribution in [3.8, 4) is 0 Å². The molecular weight excluding hydrogens is 218 g/mol. The number of hydrogen-bond donors (Lipinski definition) is 2. The van der Waals surface area contributed by atoms with E-state index in [1.807, 2.05) is 18.7 Å². The van der Waals surface area contributed by atoms with Crippen LogP contribution >= 0.6 is 0 Å². The summed E-state index contributed by atoms with van der Waals surface area (Å²) in [6.07, 6.45) is 4.23. The Hall–Kier alpha value is -0.940. The fourth-order valence-corrected chi connectivity index (χ4v) is 2.86. The van der Waals surface area contributed by atoms with Crippen LogP contribution < -0.4 is 11.1 Å². The Labute approximate surface area is 102 Å². The Morgan fingerprint density at radius 1 is 1.29 bits per heavy atom. The van der Waals surface area contributed by atoms with Gasteiger partial charge >= 0.3 is 0 Å². The van der Waals surface area contributed by atoms with E-state index in [0.717, 1.165) is 25.7 Å². The average molecular weight is 239 g/mol. The van der Waals surface area contributed by atoms with Gasteiger partial charge in [0.25, 0.3) is 0 Å². The third-order valence-electron chi connectivity index (χ3n) is 4.02. The highest BCUT2D eigenvalue weighted by atomic mass is 16.2.